The third-order valence-corrected chi connectivity index (χ3v) is 3.19. The van der Waals surface area contributed by atoms with Crippen LogP contribution in [0.4, 0.5) is 0 Å². The van der Waals surface area contributed by atoms with E-state index in [4.69, 9.17) is 23.2 Å². The summed E-state index contributed by atoms with van der Waals surface area (Å²) in [6.07, 6.45) is 0. The number of aryl methyl sites for hydroxylation is 1. The highest BCUT2D eigenvalue weighted by molar-refractivity contribution is 6.34. The number of halogens is 2. The number of carboxylic acids is 1. The Labute approximate surface area is 114 Å². The standard InChI is InChI=1S/C12H10Cl2N2O2/c1-6-11(12(17)18)7(2)16(15-6)10-5-8(13)3-4-9(10)14/h3-5H,1-2H3,(H,17,18)/p-1. The van der Waals surface area contributed by atoms with Crippen LogP contribution in [-0.4, -0.2) is 15.7 Å². The van der Waals surface area contributed by atoms with Crippen molar-refractivity contribution in [1.82, 2.24) is 9.78 Å². The first kappa shape index (κ1) is 12.9. The van der Waals surface area contributed by atoms with Crippen molar-refractivity contribution in [1.29, 1.82) is 0 Å². The van der Waals surface area contributed by atoms with Gasteiger partial charge in [-0.15, -0.1) is 0 Å². The summed E-state index contributed by atoms with van der Waals surface area (Å²) in [6.45, 7) is 3.25. The van der Waals surface area contributed by atoms with E-state index in [0.717, 1.165) is 0 Å². The molecular formula is C12H9Cl2N2O2-. The largest absolute Gasteiger partial charge is 0.545 e. The molecule has 94 valence electrons. The van der Waals surface area contributed by atoms with Crippen molar-refractivity contribution in [3.05, 3.63) is 45.2 Å². The second kappa shape index (κ2) is 4.63. The number of hydrogen-bond donors (Lipinski definition) is 0. The van der Waals surface area contributed by atoms with Crippen LogP contribution in [0.25, 0.3) is 5.69 Å². The van der Waals surface area contributed by atoms with Crippen molar-refractivity contribution in [3.63, 3.8) is 0 Å². The maximum atomic E-state index is 11.0. The minimum absolute atomic E-state index is 0.0750. The number of nitrogens with zero attached hydrogens (tertiary/aromatic N) is 2. The second-order valence-electron chi connectivity index (χ2n) is 3.84. The van der Waals surface area contributed by atoms with Crippen molar-refractivity contribution in [2.75, 3.05) is 0 Å². The molecule has 0 atom stereocenters. The summed E-state index contributed by atoms with van der Waals surface area (Å²) in [5.41, 5.74) is 1.45. The van der Waals surface area contributed by atoms with Crippen LogP contribution in [0.2, 0.25) is 10.0 Å². The Morgan fingerprint density at radius 1 is 1.33 bits per heavy atom. The summed E-state index contributed by atoms with van der Waals surface area (Å²) in [5.74, 6) is -1.26. The van der Waals surface area contributed by atoms with Crippen LogP contribution in [-0.2, 0) is 0 Å². The molecule has 0 saturated carbocycles. The zero-order valence-corrected chi connectivity index (χ0v) is 11.2. The number of carbonyl (C=O) groups excluding carboxylic acids is 1. The summed E-state index contributed by atoms with van der Waals surface area (Å²) in [7, 11) is 0. The molecule has 6 heteroatoms. The van der Waals surface area contributed by atoms with Crippen molar-refractivity contribution in [2.24, 2.45) is 0 Å². The van der Waals surface area contributed by atoms with Gasteiger partial charge < -0.3 is 9.90 Å². The van der Waals surface area contributed by atoms with E-state index in [2.05, 4.69) is 5.10 Å². The molecule has 0 radical (unpaired) electrons. The van der Waals surface area contributed by atoms with Crippen molar-refractivity contribution < 1.29 is 9.90 Å². The Balaban J connectivity index is 2.69. The molecule has 4 nitrogen and oxygen atoms in total. The van der Waals surface area contributed by atoms with E-state index in [-0.39, 0.29) is 5.56 Å². The smallest absolute Gasteiger partial charge is 0.0850 e. The molecule has 0 saturated heterocycles. The Hall–Kier alpha value is -1.52. The van der Waals surface area contributed by atoms with Gasteiger partial charge in [-0.2, -0.15) is 5.10 Å². The number of hydrogen-bond acceptors (Lipinski definition) is 3. The molecule has 1 aromatic heterocycles. The molecule has 18 heavy (non-hydrogen) atoms. The lowest BCUT2D eigenvalue weighted by atomic mass is 10.2. The molecule has 0 N–H and O–H groups in total. The van der Waals surface area contributed by atoms with Crippen LogP contribution in [0.5, 0.6) is 0 Å². The molecule has 1 heterocycles. The summed E-state index contributed by atoms with van der Waals surface area (Å²) in [4.78, 5) is 11.0. The molecule has 0 bridgehead atoms. The number of aromatic carboxylic acids is 1. The van der Waals surface area contributed by atoms with Gasteiger partial charge >= 0.3 is 0 Å². The SMILES string of the molecule is Cc1nn(-c2cc(Cl)ccc2Cl)c(C)c1C(=O)[O-]. The van der Waals surface area contributed by atoms with Crippen LogP contribution in [0.1, 0.15) is 21.7 Å². The molecule has 2 rings (SSSR count). The van der Waals surface area contributed by atoms with Gasteiger partial charge in [0.15, 0.2) is 0 Å². The molecule has 1 aromatic carbocycles. The topological polar surface area (TPSA) is 58.0 Å². The molecule has 0 aliphatic heterocycles. The van der Waals surface area contributed by atoms with Gasteiger partial charge in [0.1, 0.15) is 0 Å². The zero-order valence-electron chi connectivity index (χ0n) is 9.70. The Bertz CT molecular complexity index is 635. The predicted molar refractivity (Wildman–Crippen MR) is 67.4 cm³/mol. The Kier molecular flexibility index (Phi) is 3.32. The second-order valence-corrected chi connectivity index (χ2v) is 4.68. The van der Waals surface area contributed by atoms with Gasteiger partial charge in [-0.3, -0.25) is 0 Å². The molecule has 0 aliphatic rings. The molecule has 0 fully saturated rings. The number of carboxylic acid groups (broad SMARTS) is 1. The summed E-state index contributed by atoms with van der Waals surface area (Å²) in [6, 6.07) is 4.91. The van der Waals surface area contributed by atoms with Crippen molar-refractivity contribution in [3.8, 4) is 5.69 Å². The number of benzene rings is 1. The zero-order chi connectivity index (χ0) is 13.4. The van der Waals surface area contributed by atoms with Crippen LogP contribution in [0.3, 0.4) is 0 Å². The molecule has 2 aromatic rings. The summed E-state index contributed by atoms with van der Waals surface area (Å²) < 4.78 is 1.45. The van der Waals surface area contributed by atoms with Gasteiger partial charge in [0, 0.05) is 10.6 Å². The minimum atomic E-state index is -1.26. The van der Waals surface area contributed by atoms with Crippen LogP contribution >= 0.6 is 23.2 Å². The van der Waals surface area contributed by atoms with E-state index < -0.39 is 5.97 Å². The van der Waals surface area contributed by atoms with E-state index in [0.29, 0.717) is 27.1 Å². The fraction of sp³-hybridized carbons (Fsp3) is 0.167. The third kappa shape index (κ3) is 2.09. The highest BCUT2D eigenvalue weighted by atomic mass is 35.5. The van der Waals surface area contributed by atoms with Crippen molar-refractivity contribution >= 4 is 29.2 Å². The lowest BCUT2D eigenvalue weighted by Gasteiger charge is -2.08. The molecule has 0 spiro atoms. The van der Waals surface area contributed by atoms with E-state index in [1.165, 1.54) is 4.68 Å². The van der Waals surface area contributed by atoms with E-state index >= 15 is 0 Å². The highest BCUT2D eigenvalue weighted by Gasteiger charge is 2.15. The number of rotatable bonds is 2. The van der Waals surface area contributed by atoms with Crippen LogP contribution < -0.4 is 5.11 Å². The molecule has 0 unspecified atom stereocenters. The van der Waals surface area contributed by atoms with Gasteiger partial charge in [0.2, 0.25) is 0 Å². The Morgan fingerprint density at radius 2 is 2.00 bits per heavy atom. The average molecular weight is 284 g/mol. The third-order valence-electron chi connectivity index (χ3n) is 2.63. The molecule has 0 amide bonds. The average Bonchev–Trinajstić information content (AvgIpc) is 2.57. The highest BCUT2D eigenvalue weighted by Crippen LogP contribution is 2.26. The van der Waals surface area contributed by atoms with Gasteiger partial charge in [-0.1, -0.05) is 23.2 Å². The summed E-state index contributed by atoms with van der Waals surface area (Å²) in [5, 5.41) is 16.1. The monoisotopic (exact) mass is 283 g/mol. The van der Waals surface area contributed by atoms with Gasteiger partial charge in [-0.25, -0.2) is 4.68 Å². The first-order chi connectivity index (χ1) is 8.41. The van der Waals surface area contributed by atoms with E-state index in [9.17, 15) is 9.90 Å². The maximum Gasteiger partial charge on any atom is 0.0850 e. The number of aromatic nitrogens is 2. The first-order valence-corrected chi connectivity index (χ1v) is 5.90. The quantitative estimate of drug-likeness (QED) is 0.849. The minimum Gasteiger partial charge on any atom is -0.545 e. The molecular weight excluding hydrogens is 275 g/mol. The van der Waals surface area contributed by atoms with E-state index in [1.54, 1.807) is 32.0 Å². The lowest BCUT2D eigenvalue weighted by Crippen LogP contribution is -2.23. The van der Waals surface area contributed by atoms with E-state index in [1.807, 2.05) is 0 Å². The predicted octanol–water partition coefficient (Wildman–Crippen LogP) is 2.16. The summed E-state index contributed by atoms with van der Waals surface area (Å²) >= 11 is 12.0. The first-order valence-electron chi connectivity index (χ1n) is 5.15. The van der Waals surface area contributed by atoms with Crippen molar-refractivity contribution in [2.45, 2.75) is 13.8 Å². The number of carbonyl (C=O) groups is 1. The maximum absolute atomic E-state index is 11.0. The fourth-order valence-corrected chi connectivity index (χ4v) is 2.18. The van der Waals surface area contributed by atoms with Gasteiger partial charge in [-0.05, 0) is 32.0 Å². The molecule has 0 aliphatic carbocycles. The fourth-order valence-electron chi connectivity index (χ4n) is 1.82. The Morgan fingerprint density at radius 3 is 2.56 bits per heavy atom. The lowest BCUT2D eigenvalue weighted by molar-refractivity contribution is -0.255. The van der Waals surface area contributed by atoms with Gasteiger partial charge in [0.05, 0.1) is 28.1 Å². The van der Waals surface area contributed by atoms with Crippen LogP contribution in [0.15, 0.2) is 18.2 Å². The van der Waals surface area contributed by atoms with Crippen LogP contribution in [0, 0.1) is 13.8 Å². The normalized spacial score (nSPS) is 10.7. The van der Waals surface area contributed by atoms with Gasteiger partial charge in [0.25, 0.3) is 0 Å².